The summed E-state index contributed by atoms with van der Waals surface area (Å²) in [6, 6.07) is -0.0440. The van der Waals surface area contributed by atoms with Gasteiger partial charge in [0.15, 0.2) is 0 Å². The largest absolute Gasteiger partial charge is 0.481 e. The van der Waals surface area contributed by atoms with E-state index in [-0.39, 0.29) is 17.9 Å². The molecule has 1 amide bonds. The molecule has 0 aliphatic carbocycles. The third-order valence-electron chi connectivity index (χ3n) is 4.54. The Morgan fingerprint density at radius 2 is 2.24 bits per heavy atom. The van der Waals surface area contributed by atoms with E-state index in [1.54, 1.807) is 0 Å². The molecule has 4 unspecified atom stereocenters. The van der Waals surface area contributed by atoms with Crippen LogP contribution in [0, 0.1) is 5.92 Å². The number of quaternary nitrogens is 1. The van der Waals surface area contributed by atoms with Gasteiger partial charge in [0.05, 0.1) is 32.2 Å². The van der Waals surface area contributed by atoms with Crippen LogP contribution in [0.1, 0.15) is 19.3 Å². The van der Waals surface area contributed by atoms with Crippen LogP contribution < -0.4 is 10.2 Å². The van der Waals surface area contributed by atoms with Gasteiger partial charge < -0.3 is 15.3 Å². The van der Waals surface area contributed by atoms with Gasteiger partial charge in [-0.05, 0) is 26.3 Å². The summed E-state index contributed by atoms with van der Waals surface area (Å²) in [6.07, 6.45) is 2.58. The number of likely N-dealkylation sites (N-methyl/N-ethyl adjacent to an activating group) is 1. The van der Waals surface area contributed by atoms with Crippen LogP contribution in [0.5, 0.6) is 0 Å². The summed E-state index contributed by atoms with van der Waals surface area (Å²) >= 11 is 3.56. The molecule has 2 heterocycles. The highest BCUT2D eigenvalue weighted by Crippen LogP contribution is 2.21. The smallest absolute Gasteiger partial charge is 0.312 e. The fourth-order valence-electron chi connectivity index (χ4n) is 3.31. The van der Waals surface area contributed by atoms with Gasteiger partial charge in [-0.3, -0.25) is 14.5 Å². The van der Waals surface area contributed by atoms with Crippen molar-refractivity contribution in [3.8, 4) is 0 Å². The number of carbonyl (C=O) groups excluding carboxylic acids is 1. The van der Waals surface area contributed by atoms with Crippen molar-refractivity contribution in [3.05, 3.63) is 0 Å². The molecule has 4 atom stereocenters. The number of aliphatic carboxylic acids is 1. The zero-order valence-electron chi connectivity index (χ0n) is 12.5. The zero-order chi connectivity index (χ0) is 15.4. The number of hydrogen-bond donors (Lipinski definition) is 3. The van der Waals surface area contributed by atoms with Crippen LogP contribution in [0.2, 0.25) is 0 Å². The first-order valence-electron chi connectivity index (χ1n) is 7.65. The molecule has 0 saturated carbocycles. The van der Waals surface area contributed by atoms with Gasteiger partial charge in [-0.25, -0.2) is 0 Å². The maximum atomic E-state index is 12.1. The molecule has 120 valence electrons. The maximum Gasteiger partial charge on any atom is 0.312 e. The highest BCUT2D eigenvalue weighted by molar-refractivity contribution is 9.09. The monoisotopic (exact) mass is 362 g/mol. The average molecular weight is 363 g/mol. The summed E-state index contributed by atoms with van der Waals surface area (Å²) in [7, 11) is 1.97. The van der Waals surface area contributed by atoms with Crippen molar-refractivity contribution in [2.45, 2.75) is 30.1 Å². The molecule has 0 aromatic rings. The Hall–Kier alpha value is -0.660. The number of carboxylic acids is 1. The maximum absolute atomic E-state index is 12.1. The van der Waals surface area contributed by atoms with Gasteiger partial charge in [0, 0.05) is 11.4 Å². The van der Waals surface area contributed by atoms with E-state index >= 15 is 0 Å². The summed E-state index contributed by atoms with van der Waals surface area (Å²) in [5.74, 6) is -0.822. The predicted molar refractivity (Wildman–Crippen MR) is 82.7 cm³/mol. The number of carboxylic acid groups (broad SMARTS) is 1. The topological polar surface area (TPSA) is 74.1 Å². The summed E-state index contributed by atoms with van der Waals surface area (Å²) in [5, 5.41) is 12.1. The van der Waals surface area contributed by atoms with Crippen LogP contribution in [-0.4, -0.2) is 72.5 Å². The lowest BCUT2D eigenvalue weighted by atomic mass is 9.98. The number of rotatable bonds is 5. The lowest BCUT2D eigenvalue weighted by Gasteiger charge is -2.28. The number of likely N-dealkylation sites (tertiary alicyclic amines) is 2. The van der Waals surface area contributed by atoms with E-state index < -0.39 is 5.97 Å². The van der Waals surface area contributed by atoms with Crippen LogP contribution in [-0.2, 0) is 9.59 Å². The van der Waals surface area contributed by atoms with Crippen LogP contribution in [0.25, 0.3) is 0 Å². The van der Waals surface area contributed by atoms with Crippen molar-refractivity contribution in [1.82, 2.24) is 10.2 Å². The molecule has 2 saturated heterocycles. The minimum absolute atomic E-state index is 0.0440. The molecule has 0 aromatic heterocycles. The first-order chi connectivity index (χ1) is 9.97. The molecule has 3 N–H and O–H groups in total. The van der Waals surface area contributed by atoms with Crippen molar-refractivity contribution < 1.29 is 19.6 Å². The highest BCUT2D eigenvalue weighted by Gasteiger charge is 2.33. The second-order valence-electron chi connectivity index (χ2n) is 6.21. The molecule has 2 aliphatic heterocycles. The number of carbonyl (C=O) groups is 2. The number of hydrogen-bond acceptors (Lipinski definition) is 3. The molecule has 0 bridgehead atoms. The Bertz CT molecular complexity index is 394. The fraction of sp³-hybridized carbons (Fsp3) is 0.857. The second kappa shape index (κ2) is 7.56. The van der Waals surface area contributed by atoms with Crippen LogP contribution in [0.3, 0.4) is 0 Å². The average Bonchev–Trinajstić information content (AvgIpc) is 2.78. The van der Waals surface area contributed by atoms with Gasteiger partial charge in [0.25, 0.3) is 0 Å². The van der Waals surface area contributed by atoms with Gasteiger partial charge in [0.2, 0.25) is 5.91 Å². The number of alkyl halides is 1. The third-order valence-corrected chi connectivity index (χ3v) is 5.21. The predicted octanol–water partition coefficient (Wildman–Crippen LogP) is -1.05. The first kappa shape index (κ1) is 16.7. The van der Waals surface area contributed by atoms with Gasteiger partial charge in [-0.2, -0.15) is 0 Å². The molecule has 21 heavy (non-hydrogen) atoms. The zero-order valence-corrected chi connectivity index (χ0v) is 14.1. The molecule has 2 rings (SSSR count). The molecular formula is C14H25BrN3O3+. The van der Waals surface area contributed by atoms with Crippen LogP contribution in [0.4, 0.5) is 0 Å². The van der Waals surface area contributed by atoms with E-state index in [1.807, 2.05) is 7.05 Å². The molecule has 0 aromatic carbocycles. The molecule has 6 nitrogen and oxygen atoms in total. The molecule has 2 aliphatic rings. The van der Waals surface area contributed by atoms with Crippen molar-refractivity contribution >= 4 is 27.8 Å². The number of nitrogens with zero attached hydrogens (tertiary/aromatic N) is 1. The standard InChI is InChI=1S/C14H24BrN3O3/c1-17-9-11(15)7-12(17)13(19)16-4-6-18-5-2-3-10(8-18)14(20)21/h10-12H,2-9H2,1H3,(H,16,19)(H,20,21)/p+1. The van der Waals surface area contributed by atoms with Gasteiger partial charge in [-0.1, -0.05) is 15.9 Å². The summed E-state index contributed by atoms with van der Waals surface area (Å²) < 4.78 is 0. The van der Waals surface area contributed by atoms with Crippen molar-refractivity contribution in [2.75, 3.05) is 39.8 Å². The lowest BCUT2D eigenvalue weighted by Crippen LogP contribution is -3.14. The Kier molecular flexibility index (Phi) is 6.01. The van der Waals surface area contributed by atoms with Crippen molar-refractivity contribution in [2.24, 2.45) is 5.92 Å². The minimum atomic E-state index is -0.688. The first-order valence-corrected chi connectivity index (χ1v) is 8.57. The minimum Gasteiger partial charge on any atom is -0.481 e. The van der Waals surface area contributed by atoms with E-state index in [1.165, 1.54) is 4.90 Å². The fourth-order valence-corrected chi connectivity index (χ4v) is 4.12. The van der Waals surface area contributed by atoms with E-state index in [2.05, 4.69) is 26.1 Å². The van der Waals surface area contributed by atoms with E-state index in [9.17, 15) is 9.59 Å². The summed E-state index contributed by atoms with van der Waals surface area (Å²) in [5.41, 5.74) is 0. The molecule has 2 fully saturated rings. The lowest BCUT2D eigenvalue weighted by molar-refractivity contribution is -0.906. The Labute approximate surface area is 134 Å². The van der Waals surface area contributed by atoms with E-state index in [0.717, 1.165) is 38.9 Å². The number of nitrogens with one attached hydrogen (secondary N) is 2. The van der Waals surface area contributed by atoms with Gasteiger partial charge >= 0.3 is 5.97 Å². The molecule has 0 spiro atoms. The van der Waals surface area contributed by atoms with Crippen LogP contribution >= 0.6 is 15.9 Å². The van der Waals surface area contributed by atoms with Crippen molar-refractivity contribution in [3.63, 3.8) is 0 Å². The number of amides is 1. The van der Waals surface area contributed by atoms with E-state index in [4.69, 9.17) is 5.11 Å². The summed E-state index contributed by atoms with van der Waals surface area (Å²) in [4.78, 5) is 26.9. The quantitative estimate of drug-likeness (QED) is 0.545. The van der Waals surface area contributed by atoms with Gasteiger partial charge in [-0.15, -0.1) is 0 Å². The molecule has 7 heteroatoms. The number of piperidine rings is 1. The van der Waals surface area contributed by atoms with Gasteiger partial charge in [0.1, 0.15) is 5.92 Å². The van der Waals surface area contributed by atoms with Crippen LogP contribution in [0.15, 0.2) is 0 Å². The van der Waals surface area contributed by atoms with Crippen molar-refractivity contribution in [1.29, 1.82) is 0 Å². The molecular weight excluding hydrogens is 338 g/mol. The summed E-state index contributed by atoms with van der Waals surface area (Å²) in [6.45, 7) is 4.02. The van der Waals surface area contributed by atoms with E-state index in [0.29, 0.717) is 17.9 Å². The Balaban J connectivity index is 1.69. The third kappa shape index (κ3) is 4.66. The SMILES string of the molecule is CN1CC(Br)CC1C(=O)NCC[NH+]1CCCC(C(=O)O)C1. The highest BCUT2D eigenvalue weighted by atomic mass is 79.9. The second-order valence-corrected chi connectivity index (χ2v) is 7.51. The Morgan fingerprint density at radius 1 is 1.48 bits per heavy atom. The Morgan fingerprint density at radius 3 is 2.86 bits per heavy atom. The normalized spacial score (nSPS) is 33.8. The number of halogens is 1. The molecule has 0 radical (unpaired) electrons.